The number of oxazole rings is 1. The summed E-state index contributed by atoms with van der Waals surface area (Å²) in [5, 5.41) is 7.12. The normalized spacial score (nSPS) is 19.0. The van der Waals surface area contributed by atoms with E-state index in [2.05, 4.69) is 55.8 Å². The van der Waals surface area contributed by atoms with Gasteiger partial charge in [0.05, 0.1) is 12.2 Å². The number of rotatable bonds is 7. The Bertz CT molecular complexity index is 835. The van der Waals surface area contributed by atoms with Gasteiger partial charge in [0.25, 0.3) is 0 Å². The molecule has 0 radical (unpaired) electrons. The maximum absolute atomic E-state index is 5.74. The summed E-state index contributed by atoms with van der Waals surface area (Å²) < 4.78 is 5.74. The summed E-state index contributed by atoms with van der Waals surface area (Å²) >= 11 is 0. The minimum Gasteiger partial charge on any atom is -0.444 e. The Hall–Kier alpha value is -1.61. The van der Waals surface area contributed by atoms with Crippen molar-refractivity contribution >= 4 is 29.9 Å². The lowest BCUT2D eigenvalue weighted by molar-refractivity contribution is 0.164. The molecule has 2 aliphatic rings. The topological polar surface area (TPSA) is 65.7 Å². The summed E-state index contributed by atoms with van der Waals surface area (Å²) in [7, 11) is 1.86. The first-order chi connectivity index (χ1) is 14.6. The Labute approximate surface area is 203 Å². The average molecular weight is 537 g/mol. The van der Waals surface area contributed by atoms with Crippen molar-refractivity contribution in [2.45, 2.75) is 51.5 Å². The fourth-order valence-corrected chi connectivity index (χ4v) is 4.37. The smallest absolute Gasteiger partial charge is 0.208 e. The van der Waals surface area contributed by atoms with E-state index >= 15 is 0 Å². The Morgan fingerprint density at radius 1 is 1.16 bits per heavy atom. The van der Waals surface area contributed by atoms with Crippen molar-refractivity contribution in [2.24, 2.45) is 10.9 Å². The molecule has 0 unspecified atom stereocenters. The molecular formula is C24H36IN5O. The number of likely N-dealkylation sites (tertiary alicyclic amines) is 1. The van der Waals surface area contributed by atoms with E-state index < -0.39 is 0 Å². The average Bonchev–Trinajstić information content (AvgIpc) is 3.50. The van der Waals surface area contributed by atoms with Crippen molar-refractivity contribution in [3.05, 3.63) is 53.2 Å². The largest absolute Gasteiger partial charge is 0.444 e. The van der Waals surface area contributed by atoms with E-state index in [1.54, 1.807) is 0 Å². The zero-order valence-electron chi connectivity index (χ0n) is 19.0. The predicted molar refractivity (Wildman–Crippen MR) is 136 cm³/mol. The number of aliphatic imine (C=N–C) groups is 1. The highest BCUT2D eigenvalue weighted by atomic mass is 127. The van der Waals surface area contributed by atoms with Crippen LogP contribution in [0.2, 0.25) is 0 Å². The molecule has 4 rings (SSSR count). The molecule has 2 N–H and O–H groups in total. The van der Waals surface area contributed by atoms with Crippen molar-refractivity contribution in [3.63, 3.8) is 0 Å². The number of hydrogen-bond acceptors (Lipinski definition) is 4. The van der Waals surface area contributed by atoms with Crippen molar-refractivity contribution in [3.8, 4) is 0 Å². The van der Waals surface area contributed by atoms with Gasteiger partial charge in [-0.3, -0.25) is 9.89 Å². The molecule has 0 spiro atoms. The SMILES string of the molecule is CN=C(NCC1CCN(Cc2nc(C)c(C)o2)CC1)NCC1(c2ccccc2)CC1.I. The molecule has 0 bridgehead atoms. The molecule has 2 aromatic rings. The van der Waals surface area contributed by atoms with E-state index in [1.807, 2.05) is 20.9 Å². The van der Waals surface area contributed by atoms with E-state index in [0.29, 0.717) is 11.3 Å². The molecule has 1 aliphatic carbocycles. The third kappa shape index (κ3) is 6.22. The Morgan fingerprint density at radius 2 is 1.87 bits per heavy atom. The summed E-state index contributed by atoms with van der Waals surface area (Å²) in [6, 6.07) is 10.9. The van der Waals surface area contributed by atoms with Gasteiger partial charge in [-0.2, -0.15) is 0 Å². The van der Waals surface area contributed by atoms with Gasteiger partial charge >= 0.3 is 0 Å². The maximum Gasteiger partial charge on any atom is 0.208 e. The number of halogens is 1. The van der Waals surface area contributed by atoms with Gasteiger partial charge in [-0.25, -0.2) is 4.98 Å². The molecule has 1 saturated heterocycles. The monoisotopic (exact) mass is 537 g/mol. The van der Waals surface area contributed by atoms with Crippen LogP contribution in [0.1, 0.15) is 48.6 Å². The second-order valence-corrected chi connectivity index (χ2v) is 8.92. The van der Waals surface area contributed by atoms with Crippen LogP contribution < -0.4 is 10.6 Å². The standard InChI is InChI=1S/C24H35N5O.HI/c1-18-19(2)30-22(28-18)16-29-13-9-20(10-14-29)15-26-23(25-3)27-17-24(11-12-24)21-7-5-4-6-8-21;/h4-8,20H,9-17H2,1-3H3,(H2,25,26,27);1H. The first-order valence-electron chi connectivity index (χ1n) is 11.2. The number of benzene rings is 1. The Morgan fingerprint density at radius 3 is 2.45 bits per heavy atom. The first kappa shape index (κ1) is 24.0. The predicted octanol–water partition coefficient (Wildman–Crippen LogP) is 4.02. The van der Waals surface area contributed by atoms with Crippen LogP contribution in [-0.2, 0) is 12.0 Å². The van der Waals surface area contributed by atoms with Gasteiger partial charge in [-0.05, 0) is 64.1 Å². The zero-order valence-corrected chi connectivity index (χ0v) is 21.3. The van der Waals surface area contributed by atoms with Gasteiger partial charge in [0.2, 0.25) is 5.89 Å². The van der Waals surface area contributed by atoms with Crippen LogP contribution in [0.5, 0.6) is 0 Å². The molecule has 2 heterocycles. The number of hydrogen-bond donors (Lipinski definition) is 2. The molecular weight excluding hydrogens is 501 g/mol. The molecule has 0 atom stereocenters. The molecule has 1 aliphatic heterocycles. The maximum atomic E-state index is 5.74. The molecule has 2 fully saturated rings. The minimum atomic E-state index is 0. The van der Waals surface area contributed by atoms with Gasteiger partial charge in [-0.1, -0.05) is 30.3 Å². The van der Waals surface area contributed by atoms with Gasteiger partial charge in [-0.15, -0.1) is 24.0 Å². The number of nitrogens with one attached hydrogen (secondary N) is 2. The highest BCUT2D eigenvalue weighted by Gasteiger charge is 2.44. The minimum absolute atomic E-state index is 0. The molecule has 170 valence electrons. The molecule has 1 saturated carbocycles. The number of aryl methyl sites for hydroxylation is 2. The summed E-state index contributed by atoms with van der Waals surface area (Å²) in [6.45, 7) is 8.92. The van der Waals surface area contributed by atoms with E-state index in [-0.39, 0.29) is 24.0 Å². The fourth-order valence-electron chi connectivity index (χ4n) is 4.37. The molecule has 6 nitrogen and oxygen atoms in total. The lowest BCUT2D eigenvalue weighted by atomic mass is 9.96. The highest BCUT2D eigenvalue weighted by Crippen LogP contribution is 2.47. The molecule has 0 amide bonds. The molecule has 31 heavy (non-hydrogen) atoms. The number of guanidine groups is 1. The number of nitrogens with zero attached hydrogens (tertiary/aromatic N) is 3. The lowest BCUT2D eigenvalue weighted by Crippen LogP contribution is -2.44. The van der Waals surface area contributed by atoms with Crippen LogP contribution in [0.3, 0.4) is 0 Å². The van der Waals surface area contributed by atoms with Gasteiger partial charge in [0.1, 0.15) is 5.76 Å². The van der Waals surface area contributed by atoms with Crippen LogP contribution in [0.25, 0.3) is 0 Å². The van der Waals surface area contributed by atoms with Crippen molar-refractivity contribution < 1.29 is 4.42 Å². The van der Waals surface area contributed by atoms with Crippen LogP contribution >= 0.6 is 24.0 Å². The van der Waals surface area contributed by atoms with Crippen LogP contribution in [0.15, 0.2) is 39.7 Å². The van der Waals surface area contributed by atoms with Crippen LogP contribution in [-0.4, -0.2) is 49.1 Å². The lowest BCUT2D eigenvalue weighted by Gasteiger charge is -2.31. The molecule has 1 aromatic carbocycles. The van der Waals surface area contributed by atoms with E-state index in [9.17, 15) is 0 Å². The Balaban J connectivity index is 0.00000272. The van der Waals surface area contributed by atoms with Gasteiger partial charge in [0.15, 0.2) is 5.96 Å². The van der Waals surface area contributed by atoms with Crippen LogP contribution in [0.4, 0.5) is 0 Å². The first-order valence-corrected chi connectivity index (χ1v) is 11.2. The van der Waals surface area contributed by atoms with E-state index in [4.69, 9.17) is 4.42 Å². The van der Waals surface area contributed by atoms with Crippen molar-refractivity contribution in [2.75, 3.05) is 33.2 Å². The third-order valence-corrected chi connectivity index (χ3v) is 6.75. The third-order valence-electron chi connectivity index (χ3n) is 6.75. The number of aromatic nitrogens is 1. The summed E-state index contributed by atoms with van der Waals surface area (Å²) in [6.07, 6.45) is 4.89. The fraction of sp³-hybridized carbons (Fsp3) is 0.583. The summed E-state index contributed by atoms with van der Waals surface area (Å²) in [4.78, 5) is 11.4. The summed E-state index contributed by atoms with van der Waals surface area (Å²) in [5.41, 5.74) is 2.74. The Kier molecular flexibility index (Phi) is 8.38. The quantitative estimate of drug-likeness (QED) is 0.318. The molecule has 1 aromatic heterocycles. The van der Waals surface area contributed by atoms with Crippen LogP contribution in [0, 0.1) is 19.8 Å². The summed E-state index contributed by atoms with van der Waals surface area (Å²) in [5.74, 6) is 3.38. The van der Waals surface area contributed by atoms with Crippen molar-refractivity contribution in [1.29, 1.82) is 0 Å². The van der Waals surface area contributed by atoms with Crippen molar-refractivity contribution in [1.82, 2.24) is 20.5 Å². The van der Waals surface area contributed by atoms with Gasteiger partial charge < -0.3 is 15.1 Å². The zero-order chi connectivity index (χ0) is 21.0. The second kappa shape index (κ2) is 10.8. The highest BCUT2D eigenvalue weighted by molar-refractivity contribution is 14.0. The van der Waals surface area contributed by atoms with E-state index in [0.717, 1.165) is 56.0 Å². The molecule has 7 heteroatoms. The van der Waals surface area contributed by atoms with E-state index in [1.165, 1.54) is 31.2 Å². The number of piperidine rings is 1. The van der Waals surface area contributed by atoms with Gasteiger partial charge in [0, 0.05) is 25.6 Å². The second-order valence-electron chi connectivity index (χ2n) is 8.92.